The number of hydrogen-bond donors (Lipinski definition) is 2. The van der Waals surface area contributed by atoms with Crippen molar-refractivity contribution in [2.75, 3.05) is 26.3 Å². The van der Waals surface area contributed by atoms with Gasteiger partial charge in [0.1, 0.15) is 0 Å². The average Bonchev–Trinajstić information content (AvgIpc) is 3.09. The van der Waals surface area contributed by atoms with Gasteiger partial charge in [-0.05, 0) is 30.8 Å². The predicted octanol–water partition coefficient (Wildman–Crippen LogP) is 2.31. The van der Waals surface area contributed by atoms with Crippen LogP contribution in [0.25, 0.3) is 0 Å². The van der Waals surface area contributed by atoms with E-state index in [1.54, 1.807) is 11.3 Å². The third-order valence-corrected chi connectivity index (χ3v) is 5.23. The second kappa shape index (κ2) is 10.0. The molecule has 2 rings (SSSR count). The minimum absolute atomic E-state index is 0.0302. The van der Waals surface area contributed by atoms with Crippen LogP contribution in [-0.2, 0) is 9.53 Å². The fourth-order valence-corrected chi connectivity index (χ4v) is 3.68. The first-order valence-corrected chi connectivity index (χ1v) is 9.39. The zero-order chi connectivity index (χ0) is 16.5. The number of aliphatic hydroxyl groups is 1. The summed E-state index contributed by atoms with van der Waals surface area (Å²) >= 11 is 1.55. The van der Waals surface area contributed by atoms with Crippen LogP contribution < -0.4 is 5.73 Å². The molecule has 1 aromatic rings. The van der Waals surface area contributed by atoms with E-state index in [1.165, 1.54) is 0 Å². The molecule has 1 amide bonds. The second-order valence-electron chi connectivity index (χ2n) is 6.04. The smallest absolute Gasteiger partial charge is 0.222 e. The van der Waals surface area contributed by atoms with E-state index in [9.17, 15) is 9.90 Å². The molecule has 2 heterocycles. The number of hydrogen-bond acceptors (Lipinski definition) is 5. The first-order chi connectivity index (χ1) is 11.2. The molecule has 23 heavy (non-hydrogen) atoms. The third kappa shape index (κ3) is 5.88. The van der Waals surface area contributed by atoms with Gasteiger partial charge in [0.05, 0.1) is 25.4 Å². The summed E-state index contributed by atoms with van der Waals surface area (Å²) in [4.78, 5) is 15.3. The van der Waals surface area contributed by atoms with Crippen LogP contribution >= 0.6 is 11.3 Å². The molecule has 2 atom stereocenters. The molecular weight excluding hydrogens is 312 g/mol. The zero-order valence-electron chi connectivity index (χ0n) is 13.7. The van der Waals surface area contributed by atoms with Gasteiger partial charge >= 0.3 is 0 Å². The Hall–Kier alpha value is -0.950. The summed E-state index contributed by atoms with van der Waals surface area (Å²) in [6.45, 7) is 2.45. The Balaban J connectivity index is 1.81. The van der Waals surface area contributed by atoms with Gasteiger partial charge in [-0.25, -0.2) is 0 Å². The second-order valence-corrected chi connectivity index (χ2v) is 7.01. The highest BCUT2D eigenvalue weighted by Crippen LogP contribution is 2.26. The average molecular weight is 340 g/mol. The molecule has 1 aliphatic heterocycles. The lowest BCUT2D eigenvalue weighted by molar-refractivity contribution is -0.141. The number of carbonyl (C=O) groups excluding carboxylic acids is 1. The standard InChI is InChI=1S/C17H28N2O3S/c18-8-4-2-1-3-7-17(21)19-9-10-22-13-14(19)12-15(20)16-6-5-11-23-16/h5-6,11,14-15,20H,1-4,7-10,12-13,18H2. The fourth-order valence-electron chi connectivity index (χ4n) is 2.95. The molecule has 0 radical (unpaired) electrons. The first-order valence-electron chi connectivity index (χ1n) is 8.51. The van der Waals surface area contributed by atoms with Crippen LogP contribution in [0, 0.1) is 0 Å². The molecular formula is C17H28N2O3S. The van der Waals surface area contributed by atoms with Crippen molar-refractivity contribution in [3.05, 3.63) is 22.4 Å². The predicted molar refractivity (Wildman–Crippen MR) is 92.4 cm³/mol. The molecule has 2 unspecified atom stereocenters. The summed E-state index contributed by atoms with van der Waals surface area (Å²) in [7, 11) is 0. The van der Waals surface area contributed by atoms with E-state index in [-0.39, 0.29) is 11.9 Å². The number of morpholine rings is 1. The minimum atomic E-state index is -0.526. The van der Waals surface area contributed by atoms with Crippen LogP contribution in [0.1, 0.15) is 49.5 Å². The van der Waals surface area contributed by atoms with Crippen molar-refractivity contribution in [1.29, 1.82) is 0 Å². The molecule has 0 spiro atoms. The van der Waals surface area contributed by atoms with Crippen LogP contribution in [0.15, 0.2) is 17.5 Å². The van der Waals surface area contributed by atoms with Crippen molar-refractivity contribution in [3.63, 3.8) is 0 Å². The molecule has 3 N–H and O–H groups in total. The van der Waals surface area contributed by atoms with Gasteiger partial charge in [0.2, 0.25) is 5.91 Å². The van der Waals surface area contributed by atoms with E-state index >= 15 is 0 Å². The fraction of sp³-hybridized carbons (Fsp3) is 0.706. The monoisotopic (exact) mass is 340 g/mol. The SMILES string of the molecule is NCCCCCCC(=O)N1CCOCC1CC(O)c1cccs1. The van der Waals surface area contributed by atoms with E-state index in [0.717, 1.165) is 37.1 Å². The topological polar surface area (TPSA) is 75.8 Å². The van der Waals surface area contributed by atoms with Crippen LogP contribution in [0.3, 0.4) is 0 Å². The summed E-state index contributed by atoms with van der Waals surface area (Å²) in [5.74, 6) is 0.185. The van der Waals surface area contributed by atoms with Crippen LogP contribution in [0.4, 0.5) is 0 Å². The summed E-state index contributed by atoms with van der Waals surface area (Å²) in [5.41, 5.74) is 5.48. The summed E-state index contributed by atoms with van der Waals surface area (Å²) in [5, 5.41) is 12.3. The number of nitrogens with two attached hydrogens (primary N) is 1. The van der Waals surface area contributed by atoms with Gasteiger partial charge in [-0.2, -0.15) is 0 Å². The van der Waals surface area contributed by atoms with Gasteiger partial charge in [0.25, 0.3) is 0 Å². The molecule has 5 nitrogen and oxygen atoms in total. The van der Waals surface area contributed by atoms with Crippen molar-refractivity contribution < 1.29 is 14.6 Å². The highest BCUT2D eigenvalue weighted by atomic mass is 32.1. The first kappa shape index (κ1) is 18.4. The largest absolute Gasteiger partial charge is 0.387 e. The summed E-state index contributed by atoms with van der Waals surface area (Å²) < 4.78 is 5.52. The highest BCUT2D eigenvalue weighted by Gasteiger charge is 2.29. The number of thiophene rings is 1. The quantitative estimate of drug-likeness (QED) is 0.676. The van der Waals surface area contributed by atoms with Gasteiger partial charge < -0.3 is 20.5 Å². The van der Waals surface area contributed by atoms with E-state index in [4.69, 9.17) is 10.5 Å². The summed E-state index contributed by atoms with van der Waals surface area (Å²) in [6, 6.07) is 3.84. The Bertz CT molecular complexity index is 453. The summed E-state index contributed by atoms with van der Waals surface area (Å²) in [6.07, 6.45) is 4.68. The lowest BCUT2D eigenvalue weighted by Gasteiger charge is -2.36. The Morgan fingerprint density at radius 3 is 3.00 bits per heavy atom. The molecule has 6 heteroatoms. The Kier molecular flexibility index (Phi) is 8.02. The Morgan fingerprint density at radius 1 is 1.43 bits per heavy atom. The molecule has 1 fully saturated rings. The van der Waals surface area contributed by atoms with Crippen molar-refractivity contribution >= 4 is 17.2 Å². The zero-order valence-corrected chi connectivity index (χ0v) is 14.5. The number of amides is 1. The molecule has 0 bridgehead atoms. The van der Waals surface area contributed by atoms with Crippen molar-refractivity contribution in [2.45, 2.75) is 50.7 Å². The van der Waals surface area contributed by atoms with E-state index in [1.807, 2.05) is 22.4 Å². The van der Waals surface area contributed by atoms with Crippen molar-refractivity contribution in [1.82, 2.24) is 4.90 Å². The van der Waals surface area contributed by atoms with Crippen LogP contribution in [0.5, 0.6) is 0 Å². The molecule has 0 saturated carbocycles. The van der Waals surface area contributed by atoms with Crippen LogP contribution in [0.2, 0.25) is 0 Å². The van der Waals surface area contributed by atoms with E-state index in [0.29, 0.717) is 32.6 Å². The van der Waals surface area contributed by atoms with E-state index < -0.39 is 6.10 Å². The minimum Gasteiger partial charge on any atom is -0.387 e. The lowest BCUT2D eigenvalue weighted by Crippen LogP contribution is -2.49. The van der Waals surface area contributed by atoms with Gasteiger partial charge in [-0.1, -0.05) is 18.9 Å². The number of ether oxygens (including phenoxy) is 1. The maximum Gasteiger partial charge on any atom is 0.222 e. The Labute approximate surface area is 142 Å². The van der Waals surface area contributed by atoms with Crippen molar-refractivity contribution in [2.24, 2.45) is 5.73 Å². The van der Waals surface area contributed by atoms with E-state index in [2.05, 4.69) is 0 Å². The number of nitrogens with zero attached hydrogens (tertiary/aromatic N) is 1. The lowest BCUT2D eigenvalue weighted by atomic mass is 10.0. The Morgan fingerprint density at radius 2 is 2.26 bits per heavy atom. The molecule has 130 valence electrons. The highest BCUT2D eigenvalue weighted by molar-refractivity contribution is 7.10. The third-order valence-electron chi connectivity index (χ3n) is 4.26. The molecule has 1 saturated heterocycles. The maximum absolute atomic E-state index is 12.5. The normalized spacial score (nSPS) is 19.7. The van der Waals surface area contributed by atoms with Gasteiger partial charge in [-0.3, -0.25) is 4.79 Å². The van der Waals surface area contributed by atoms with Crippen LogP contribution in [-0.4, -0.2) is 48.3 Å². The van der Waals surface area contributed by atoms with Crippen molar-refractivity contribution in [3.8, 4) is 0 Å². The maximum atomic E-state index is 12.5. The van der Waals surface area contributed by atoms with Gasteiger partial charge in [0, 0.05) is 24.3 Å². The number of carbonyl (C=O) groups is 1. The number of aliphatic hydroxyl groups excluding tert-OH is 1. The molecule has 1 aliphatic rings. The number of unbranched alkanes of at least 4 members (excludes halogenated alkanes) is 3. The molecule has 0 aliphatic carbocycles. The molecule has 1 aromatic heterocycles. The molecule has 0 aromatic carbocycles. The van der Waals surface area contributed by atoms with Gasteiger partial charge in [0.15, 0.2) is 0 Å². The number of rotatable bonds is 9. The van der Waals surface area contributed by atoms with Gasteiger partial charge in [-0.15, -0.1) is 11.3 Å².